The average Bonchev–Trinajstić information content (AvgIpc) is 2.70. The maximum atomic E-state index is 9.81. The van der Waals surface area contributed by atoms with Crippen LogP contribution in [0.1, 0.15) is 73.6 Å². The number of unbranched alkanes of at least 4 members (excludes halogenated alkanes) is 1. The Balaban J connectivity index is -0.0000000954. The van der Waals surface area contributed by atoms with E-state index in [1.165, 1.54) is 38.8 Å². The van der Waals surface area contributed by atoms with Crippen LogP contribution in [0, 0.1) is 5.92 Å². The summed E-state index contributed by atoms with van der Waals surface area (Å²) in [5, 5.41) is 16.5. The molecule has 4 N–H and O–H groups in total. The Labute approximate surface area is 171 Å². The smallest absolute Gasteiger partial charge is 0.129 e. The van der Waals surface area contributed by atoms with Crippen LogP contribution < -0.4 is 16.0 Å². The molecular formula is C22H53N3O2. The summed E-state index contributed by atoms with van der Waals surface area (Å²) in [4.78, 5) is 9.81. The molecule has 0 saturated carbocycles. The van der Waals surface area contributed by atoms with Crippen LogP contribution in [-0.2, 0) is 4.79 Å². The number of nitrogens with one attached hydrogen (secondary N) is 3. The number of likely N-dealkylation sites (N-methyl/N-ethyl adjacent to an activating group) is 1. The van der Waals surface area contributed by atoms with Gasteiger partial charge in [0.25, 0.3) is 0 Å². The lowest BCUT2D eigenvalue weighted by atomic mass is 10.0. The molecule has 1 atom stereocenters. The van der Waals surface area contributed by atoms with E-state index in [1.54, 1.807) is 6.92 Å². The molecule has 5 heteroatoms. The number of rotatable bonds is 12. The summed E-state index contributed by atoms with van der Waals surface area (Å²) in [6.07, 6.45) is 7.76. The third-order valence-electron chi connectivity index (χ3n) is 3.14. The largest absolute Gasteiger partial charge is 0.400 e. The average molecular weight is 392 g/mol. The molecule has 0 aliphatic heterocycles. The fourth-order valence-electron chi connectivity index (χ4n) is 1.57. The van der Waals surface area contributed by atoms with Crippen molar-refractivity contribution in [2.24, 2.45) is 5.92 Å². The minimum absolute atomic E-state index is 0.255. The highest BCUT2D eigenvalue weighted by Crippen LogP contribution is 2.05. The first-order chi connectivity index (χ1) is 13.0. The van der Waals surface area contributed by atoms with E-state index in [9.17, 15) is 4.79 Å². The van der Waals surface area contributed by atoms with Crippen molar-refractivity contribution < 1.29 is 9.90 Å². The zero-order chi connectivity index (χ0) is 22.3. The topological polar surface area (TPSA) is 73.4 Å². The van der Waals surface area contributed by atoms with Crippen LogP contribution in [0.15, 0.2) is 12.7 Å². The molecule has 0 aliphatic carbocycles. The first-order valence-corrected chi connectivity index (χ1v) is 10.5. The summed E-state index contributed by atoms with van der Waals surface area (Å²) in [7, 11) is 4.91. The Morgan fingerprint density at radius 2 is 1.59 bits per heavy atom. The molecule has 0 saturated heterocycles. The van der Waals surface area contributed by atoms with Gasteiger partial charge in [-0.05, 0) is 65.8 Å². The summed E-state index contributed by atoms with van der Waals surface area (Å²) < 4.78 is 0. The normalized spacial score (nSPS) is 9.56. The van der Waals surface area contributed by atoms with Crippen LogP contribution in [0.4, 0.5) is 0 Å². The quantitative estimate of drug-likeness (QED) is 0.299. The third kappa shape index (κ3) is 67.2. The predicted molar refractivity (Wildman–Crippen MR) is 125 cm³/mol. The molecule has 0 aromatic heterocycles. The van der Waals surface area contributed by atoms with Crippen molar-refractivity contribution >= 4 is 5.78 Å². The molecule has 5 nitrogen and oxygen atoms in total. The molecule has 1 unspecified atom stereocenters. The number of aliphatic hydroxyl groups is 1. The number of carbonyl (C=O) groups excluding carboxylic acids is 1. The SMILES string of the molecule is C=CCNC.CC.CCC(C)=O.CCCNCC(C)CCCCNC.CO. The molecule has 27 heavy (non-hydrogen) atoms. The van der Waals surface area contributed by atoms with Crippen molar-refractivity contribution in [1.29, 1.82) is 0 Å². The van der Waals surface area contributed by atoms with E-state index >= 15 is 0 Å². The fourth-order valence-corrected chi connectivity index (χ4v) is 1.57. The zero-order valence-corrected chi connectivity index (χ0v) is 20.1. The summed E-state index contributed by atoms with van der Waals surface area (Å²) in [5.41, 5.74) is 0. The zero-order valence-electron chi connectivity index (χ0n) is 20.1. The predicted octanol–water partition coefficient (Wildman–Crippen LogP) is 4.02. The van der Waals surface area contributed by atoms with Gasteiger partial charge in [0.1, 0.15) is 5.78 Å². The molecule has 168 valence electrons. The molecule has 0 spiro atoms. The van der Waals surface area contributed by atoms with Crippen LogP contribution in [0.3, 0.4) is 0 Å². The van der Waals surface area contributed by atoms with Gasteiger partial charge >= 0.3 is 0 Å². The van der Waals surface area contributed by atoms with E-state index in [-0.39, 0.29) is 5.78 Å². The van der Waals surface area contributed by atoms with Crippen LogP contribution in [0.5, 0.6) is 0 Å². The summed E-state index contributed by atoms with van der Waals surface area (Å²) >= 11 is 0. The Kier molecular flexibility index (Phi) is 61.2. The maximum Gasteiger partial charge on any atom is 0.129 e. The van der Waals surface area contributed by atoms with Gasteiger partial charge in [-0.25, -0.2) is 0 Å². The van der Waals surface area contributed by atoms with Gasteiger partial charge in [-0.2, -0.15) is 0 Å². The van der Waals surface area contributed by atoms with Gasteiger partial charge in [0, 0.05) is 20.1 Å². The Morgan fingerprint density at radius 3 is 1.89 bits per heavy atom. The van der Waals surface area contributed by atoms with E-state index in [2.05, 4.69) is 36.4 Å². The van der Waals surface area contributed by atoms with E-state index in [0.717, 1.165) is 26.1 Å². The van der Waals surface area contributed by atoms with Crippen LogP contribution in [0.2, 0.25) is 0 Å². The summed E-state index contributed by atoms with van der Waals surface area (Å²) in [5.74, 6) is 1.09. The van der Waals surface area contributed by atoms with Gasteiger partial charge in [-0.3, -0.25) is 0 Å². The lowest BCUT2D eigenvalue weighted by Gasteiger charge is -2.11. The highest BCUT2D eigenvalue weighted by Gasteiger charge is 2.00. The second-order valence-corrected chi connectivity index (χ2v) is 5.81. The summed E-state index contributed by atoms with van der Waals surface area (Å²) in [6, 6.07) is 0. The molecule has 0 amide bonds. The van der Waals surface area contributed by atoms with Crippen molar-refractivity contribution in [1.82, 2.24) is 16.0 Å². The van der Waals surface area contributed by atoms with Crippen LogP contribution in [-0.4, -0.2) is 58.3 Å². The Hall–Kier alpha value is -0.750. The van der Waals surface area contributed by atoms with Gasteiger partial charge in [0.05, 0.1) is 0 Å². The number of hydrogen-bond donors (Lipinski definition) is 4. The van der Waals surface area contributed by atoms with Crippen LogP contribution >= 0.6 is 0 Å². The monoisotopic (exact) mass is 391 g/mol. The molecule has 0 rings (SSSR count). The lowest BCUT2D eigenvalue weighted by Crippen LogP contribution is -2.22. The van der Waals surface area contributed by atoms with Crippen molar-refractivity contribution in [3.63, 3.8) is 0 Å². The van der Waals surface area contributed by atoms with E-state index in [0.29, 0.717) is 6.42 Å². The van der Waals surface area contributed by atoms with E-state index in [4.69, 9.17) is 5.11 Å². The third-order valence-corrected chi connectivity index (χ3v) is 3.14. The van der Waals surface area contributed by atoms with E-state index < -0.39 is 0 Å². The van der Waals surface area contributed by atoms with Gasteiger partial charge in [0.2, 0.25) is 0 Å². The summed E-state index contributed by atoms with van der Waals surface area (Å²) in [6.45, 7) is 19.9. The molecule has 0 aliphatic rings. The number of hydrogen-bond acceptors (Lipinski definition) is 5. The second kappa shape index (κ2) is 44.6. The molecule has 0 bridgehead atoms. The molecule has 0 radical (unpaired) electrons. The number of Topliss-reactive ketones (excluding diaryl/α,β-unsaturated/α-hetero) is 1. The van der Waals surface area contributed by atoms with E-state index in [1.807, 2.05) is 40.9 Å². The number of ketones is 1. The van der Waals surface area contributed by atoms with Gasteiger partial charge < -0.3 is 25.9 Å². The molecule has 0 aromatic rings. The van der Waals surface area contributed by atoms with Crippen molar-refractivity contribution in [3.8, 4) is 0 Å². The van der Waals surface area contributed by atoms with Gasteiger partial charge in [-0.15, -0.1) is 6.58 Å². The fraction of sp³-hybridized carbons (Fsp3) is 0.864. The lowest BCUT2D eigenvalue weighted by molar-refractivity contribution is -0.116. The second-order valence-electron chi connectivity index (χ2n) is 5.81. The maximum absolute atomic E-state index is 9.81. The highest BCUT2D eigenvalue weighted by molar-refractivity contribution is 5.74. The van der Waals surface area contributed by atoms with Crippen molar-refractivity contribution in [3.05, 3.63) is 12.7 Å². The molecular weight excluding hydrogens is 338 g/mol. The minimum Gasteiger partial charge on any atom is -0.400 e. The van der Waals surface area contributed by atoms with Gasteiger partial charge in [0.15, 0.2) is 0 Å². The standard InChI is InChI=1S/C11H26N2.C4H9N.C4H8O.C2H6.CH4O/c1-4-8-13-10-11(2)7-5-6-9-12-3;1-3-4-5-2;1-3-4(2)5;2*1-2/h11-13H,4-10H2,1-3H3;3,5H,1,4H2,2H3;3H2,1-2H3;1-2H3;2H,1H3. The van der Waals surface area contributed by atoms with Crippen LogP contribution in [0.25, 0.3) is 0 Å². The first-order valence-electron chi connectivity index (χ1n) is 10.5. The van der Waals surface area contributed by atoms with Crippen molar-refractivity contribution in [2.75, 3.05) is 47.4 Å². The molecule has 0 heterocycles. The number of aliphatic hydroxyl groups excluding tert-OH is 1. The van der Waals surface area contributed by atoms with Gasteiger partial charge in [-0.1, -0.05) is 47.1 Å². The first kappa shape index (κ1) is 37.1. The Morgan fingerprint density at radius 1 is 1.07 bits per heavy atom. The number of carbonyl (C=O) groups is 1. The highest BCUT2D eigenvalue weighted by atomic mass is 16.2. The molecule has 0 fully saturated rings. The molecule has 0 aromatic carbocycles. The Bertz CT molecular complexity index is 238. The minimum atomic E-state index is 0.255. The van der Waals surface area contributed by atoms with Crippen molar-refractivity contribution in [2.45, 2.75) is 73.6 Å².